The fraction of sp³-hybridized carbons (Fsp3) is 0.824. The second-order valence-corrected chi connectivity index (χ2v) is 8.08. The Morgan fingerprint density at radius 1 is 1.38 bits per heavy atom. The van der Waals surface area contributed by atoms with Crippen molar-refractivity contribution >= 4 is 17.7 Å². The molecule has 6 nitrogen and oxygen atoms in total. The number of unbranched alkanes of at least 4 members (excludes halogenated alkanes) is 1. The molecule has 1 aliphatic carbocycles. The molecule has 1 aromatic rings. The van der Waals surface area contributed by atoms with Crippen LogP contribution < -0.4 is 5.32 Å². The Labute approximate surface area is 149 Å². The van der Waals surface area contributed by atoms with Crippen molar-refractivity contribution in [3.8, 4) is 0 Å². The van der Waals surface area contributed by atoms with E-state index in [-0.39, 0.29) is 17.2 Å². The van der Waals surface area contributed by atoms with E-state index in [1.54, 1.807) is 0 Å². The van der Waals surface area contributed by atoms with Crippen LogP contribution in [-0.2, 0) is 11.3 Å². The second kappa shape index (κ2) is 8.85. The van der Waals surface area contributed by atoms with Crippen molar-refractivity contribution in [3.63, 3.8) is 0 Å². The van der Waals surface area contributed by atoms with Gasteiger partial charge in [0.15, 0.2) is 11.0 Å². The highest BCUT2D eigenvalue weighted by Crippen LogP contribution is 2.28. The minimum atomic E-state index is -0.151. The van der Waals surface area contributed by atoms with Crippen LogP contribution in [0.1, 0.15) is 64.7 Å². The van der Waals surface area contributed by atoms with Crippen molar-refractivity contribution in [3.05, 3.63) is 5.82 Å². The van der Waals surface area contributed by atoms with Crippen molar-refractivity contribution in [1.82, 2.24) is 25.0 Å². The first kappa shape index (κ1) is 19.2. The van der Waals surface area contributed by atoms with E-state index in [1.807, 2.05) is 6.92 Å². The van der Waals surface area contributed by atoms with E-state index in [9.17, 15) is 4.79 Å². The molecular formula is C17H31N5OS. The molecule has 1 N–H and O–H groups in total. The van der Waals surface area contributed by atoms with Crippen LogP contribution in [0, 0.1) is 0 Å². The summed E-state index contributed by atoms with van der Waals surface area (Å²) < 4.78 is 2.21. The highest BCUT2D eigenvalue weighted by molar-refractivity contribution is 8.00. The van der Waals surface area contributed by atoms with Crippen molar-refractivity contribution < 1.29 is 4.79 Å². The summed E-state index contributed by atoms with van der Waals surface area (Å²) in [6, 6.07) is 0.645. The lowest BCUT2D eigenvalue weighted by Crippen LogP contribution is -2.32. The third kappa shape index (κ3) is 4.96. The van der Waals surface area contributed by atoms with Gasteiger partial charge in [0.25, 0.3) is 0 Å². The van der Waals surface area contributed by atoms with Crippen LogP contribution in [0.5, 0.6) is 0 Å². The first-order valence-corrected chi connectivity index (χ1v) is 9.92. The van der Waals surface area contributed by atoms with Crippen molar-refractivity contribution in [2.75, 3.05) is 14.1 Å². The van der Waals surface area contributed by atoms with Gasteiger partial charge in [-0.25, -0.2) is 0 Å². The van der Waals surface area contributed by atoms with Crippen LogP contribution in [0.25, 0.3) is 0 Å². The van der Waals surface area contributed by atoms with Crippen LogP contribution in [-0.4, -0.2) is 51.0 Å². The van der Waals surface area contributed by atoms with Gasteiger partial charge in [-0.15, -0.1) is 10.2 Å². The highest BCUT2D eigenvalue weighted by Gasteiger charge is 2.28. The minimum absolute atomic E-state index is 0.105. The number of hydrogen-bond acceptors (Lipinski definition) is 5. The molecule has 136 valence electrons. The molecular weight excluding hydrogens is 322 g/mol. The number of carbonyl (C=O) groups excluding carboxylic acids is 1. The Balaban J connectivity index is 2.14. The zero-order chi connectivity index (χ0) is 17.7. The molecule has 1 aromatic heterocycles. The number of aromatic nitrogens is 3. The summed E-state index contributed by atoms with van der Waals surface area (Å²) in [5.74, 6) is 1.11. The van der Waals surface area contributed by atoms with E-state index in [0.717, 1.165) is 49.6 Å². The molecule has 0 saturated heterocycles. The first-order valence-electron chi connectivity index (χ1n) is 9.04. The lowest BCUT2D eigenvalue weighted by molar-refractivity contribution is -0.120. The van der Waals surface area contributed by atoms with Crippen molar-refractivity contribution in [1.29, 1.82) is 0 Å². The van der Waals surface area contributed by atoms with Crippen molar-refractivity contribution in [2.45, 2.75) is 81.9 Å². The maximum atomic E-state index is 12.2. The van der Waals surface area contributed by atoms with Crippen LogP contribution in [0.3, 0.4) is 0 Å². The SMILES string of the molecule is CCCCn1c(S[C@H](C)C(=O)NC2CC2)nnc1[C@@H](CC)N(C)C. The summed E-state index contributed by atoms with van der Waals surface area (Å²) in [5.41, 5.74) is 0. The molecule has 0 spiro atoms. The average Bonchev–Trinajstić information content (AvgIpc) is 3.27. The van der Waals surface area contributed by atoms with Gasteiger partial charge in [0.1, 0.15) is 0 Å². The van der Waals surface area contributed by atoms with Crippen LogP contribution in [0.2, 0.25) is 0 Å². The van der Waals surface area contributed by atoms with Gasteiger partial charge in [-0.2, -0.15) is 0 Å². The van der Waals surface area contributed by atoms with Gasteiger partial charge in [-0.1, -0.05) is 32.0 Å². The Bertz CT molecular complexity index is 541. The molecule has 1 amide bonds. The molecule has 1 saturated carbocycles. The Kier molecular flexibility index (Phi) is 7.10. The number of carbonyl (C=O) groups is 1. The number of rotatable bonds is 10. The summed E-state index contributed by atoms with van der Waals surface area (Å²) in [6.45, 7) is 7.21. The summed E-state index contributed by atoms with van der Waals surface area (Å²) in [4.78, 5) is 14.4. The van der Waals surface area contributed by atoms with E-state index in [0.29, 0.717) is 6.04 Å². The summed E-state index contributed by atoms with van der Waals surface area (Å²) in [5, 5.41) is 12.7. The highest BCUT2D eigenvalue weighted by atomic mass is 32.2. The van der Waals surface area contributed by atoms with Gasteiger partial charge in [0.2, 0.25) is 5.91 Å². The molecule has 0 unspecified atom stereocenters. The molecule has 1 aliphatic rings. The maximum absolute atomic E-state index is 12.2. The van der Waals surface area contributed by atoms with E-state index < -0.39 is 0 Å². The molecule has 2 rings (SSSR count). The van der Waals surface area contributed by atoms with E-state index in [4.69, 9.17) is 0 Å². The monoisotopic (exact) mass is 353 g/mol. The fourth-order valence-corrected chi connectivity index (χ4v) is 3.59. The lowest BCUT2D eigenvalue weighted by atomic mass is 10.2. The van der Waals surface area contributed by atoms with E-state index in [1.165, 1.54) is 11.8 Å². The molecule has 7 heteroatoms. The fourth-order valence-electron chi connectivity index (χ4n) is 2.70. The quantitative estimate of drug-likeness (QED) is 0.655. The summed E-state index contributed by atoms with van der Waals surface area (Å²) >= 11 is 1.52. The Hall–Kier alpha value is -1.08. The number of nitrogens with one attached hydrogen (secondary N) is 1. The van der Waals surface area contributed by atoms with Crippen LogP contribution in [0.4, 0.5) is 0 Å². The summed E-state index contributed by atoms with van der Waals surface area (Å²) in [6.07, 6.45) is 5.42. The molecule has 2 atom stereocenters. The predicted octanol–water partition coefficient (Wildman–Crippen LogP) is 2.85. The largest absolute Gasteiger partial charge is 0.352 e. The van der Waals surface area contributed by atoms with Crippen LogP contribution >= 0.6 is 11.8 Å². The maximum Gasteiger partial charge on any atom is 0.233 e. The third-order valence-corrected chi connectivity index (χ3v) is 5.44. The normalized spacial score (nSPS) is 17.1. The zero-order valence-corrected chi connectivity index (χ0v) is 16.4. The Morgan fingerprint density at radius 3 is 2.62 bits per heavy atom. The van der Waals surface area contributed by atoms with E-state index in [2.05, 4.69) is 52.9 Å². The van der Waals surface area contributed by atoms with Gasteiger partial charge in [-0.05, 0) is 46.7 Å². The molecule has 24 heavy (non-hydrogen) atoms. The minimum Gasteiger partial charge on any atom is -0.352 e. The van der Waals surface area contributed by atoms with Gasteiger partial charge in [0, 0.05) is 12.6 Å². The zero-order valence-electron chi connectivity index (χ0n) is 15.6. The molecule has 1 fully saturated rings. The lowest BCUT2D eigenvalue weighted by Gasteiger charge is -2.23. The van der Waals surface area contributed by atoms with Gasteiger partial charge >= 0.3 is 0 Å². The Morgan fingerprint density at radius 2 is 2.08 bits per heavy atom. The second-order valence-electron chi connectivity index (χ2n) is 6.78. The third-order valence-electron chi connectivity index (χ3n) is 4.36. The molecule has 0 radical (unpaired) electrons. The van der Waals surface area contributed by atoms with Crippen LogP contribution in [0.15, 0.2) is 5.16 Å². The average molecular weight is 354 g/mol. The molecule has 0 aliphatic heterocycles. The van der Waals surface area contributed by atoms with E-state index >= 15 is 0 Å². The smallest absolute Gasteiger partial charge is 0.233 e. The number of amides is 1. The van der Waals surface area contributed by atoms with Gasteiger partial charge in [-0.3, -0.25) is 9.69 Å². The van der Waals surface area contributed by atoms with Gasteiger partial charge in [0.05, 0.1) is 11.3 Å². The standard InChI is InChI=1S/C17H31N5OS/c1-6-8-11-22-15(14(7-2)21(4)5)19-20-17(22)24-12(3)16(23)18-13-9-10-13/h12-14H,6-11H2,1-5H3,(H,18,23)/t12-,14-/m1/s1. The molecule has 1 heterocycles. The van der Waals surface area contributed by atoms with Crippen molar-refractivity contribution in [2.24, 2.45) is 0 Å². The number of hydrogen-bond donors (Lipinski definition) is 1. The molecule has 0 bridgehead atoms. The number of thioether (sulfide) groups is 1. The molecule has 0 aromatic carbocycles. The number of nitrogens with zero attached hydrogens (tertiary/aromatic N) is 4. The topological polar surface area (TPSA) is 63.1 Å². The van der Waals surface area contributed by atoms with Gasteiger partial charge < -0.3 is 9.88 Å². The predicted molar refractivity (Wildman–Crippen MR) is 98.1 cm³/mol. The summed E-state index contributed by atoms with van der Waals surface area (Å²) in [7, 11) is 4.15. The first-order chi connectivity index (χ1) is 11.5.